The Kier molecular flexibility index (Phi) is 5.28. The fraction of sp³-hybridized carbons (Fsp3) is 0.929. The molecule has 1 unspecified atom stereocenters. The molecule has 3 heteroatoms. The highest BCUT2D eigenvalue weighted by atomic mass is 15.2. The molecule has 0 aromatic heterocycles. The van der Waals surface area contributed by atoms with E-state index in [1.807, 2.05) is 0 Å². The van der Waals surface area contributed by atoms with Crippen LogP contribution in [0.5, 0.6) is 0 Å². The Morgan fingerprint density at radius 3 is 2.35 bits per heavy atom. The van der Waals surface area contributed by atoms with Crippen LogP contribution in [0.15, 0.2) is 0 Å². The Labute approximate surface area is 105 Å². The molecular weight excluding hydrogens is 210 g/mol. The molecule has 1 atom stereocenters. The van der Waals surface area contributed by atoms with Crippen LogP contribution in [0.4, 0.5) is 0 Å². The van der Waals surface area contributed by atoms with Gasteiger partial charge in [-0.25, -0.2) is 0 Å². The summed E-state index contributed by atoms with van der Waals surface area (Å²) in [5.41, 5.74) is 0. The fourth-order valence-corrected chi connectivity index (χ4v) is 3.23. The zero-order valence-electron chi connectivity index (χ0n) is 10.9. The van der Waals surface area contributed by atoms with Crippen molar-refractivity contribution in [2.24, 2.45) is 5.92 Å². The number of likely N-dealkylation sites (tertiary alicyclic amines) is 2. The molecule has 0 amide bonds. The van der Waals surface area contributed by atoms with Gasteiger partial charge in [0.1, 0.15) is 0 Å². The predicted molar refractivity (Wildman–Crippen MR) is 69.7 cm³/mol. The van der Waals surface area contributed by atoms with Crippen LogP contribution in [-0.4, -0.2) is 49.1 Å². The van der Waals surface area contributed by atoms with E-state index < -0.39 is 0 Å². The van der Waals surface area contributed by atoms with Gasteiger partial charge in [-0.2, -0.15) is 5.26 Å². The standard InChI is InChI=1S/C14H25N3/c15-7-11-17-10-5-6-14(13-17)12-16-8-3-1-2-4-9-16/h14H,1-6,8-13H2. The number of hydrogen-bond donors (Lipinski definition) is 0. The summed E-state index contributed by atoms with van der Waals surface area (Å²) in [4.78, 5) is 4.99. The third kappa shape index (κ3) is 4.29. The average molecular weight is 235 g/mol. The minimum Gasteiger partial charge on any atom is -0.303 e. The number of piperidine rings is 1. The Bertz CT molecular complexity index is 251. The SMILES string of the molecule is N#CCN1CCCC(CN2CCCCCC2)C1. The molecule has 2 aliphatic heterocycles. The van der Waals surface area contributed by atoms with Gasteiger partial charge in [0.2, 0.25) is 0 Å². The van der Waals surface area contributed by atoms with Gasteiger partial charge in [0, 0.05) is 13.1 Å². The molecule has 0 aliphatic carbocycles. The van der Waals surface area contributed by atoms with E-state index in [-0.39, 0.29) is 0 Å². The van der Waals surface area contributed by atoms with Crippen molar-refractivity contribution in [3.63, 3.8) is 0 Å². The summed E-state index contributed by atoms with van der Waals surface area (Å²) in [6, 6.07) is 2.28. The van der Waals surface area contributed by atoms with Crippen LogP contribution in [0.2, 0.25) is 0 Å². The lowest BCUT2D eigenvalue weighted by Gasteiger charge is -2.34. The van der Waals surface area contributed by atoms with Gasteiger partial charge in [0.05, 0.1) is 12.6 Å². The highest BCUT2D eigenvalue weighted by Crippen LogP contribution is 2.19. The largest absolute Gasteiger partial charge is 0.303 e. The molecule has 0 aromatic carbocycles. The lowest BCUT2D eigenvalue weighted by molar-refractivity contribution is 0.145. The quantitative estimate of drug-likeness (QED) is 0.702. The molecule has 2 aliphatic rings. The van der Waals surface area contributed by atoms with E-state index in [2.05, 4.69) is 15.9 Å². The molecule has 3 nitrogen and oxygen atoms in total. The van der Waals surface area contributed by atoms with Crippen LogP contribution in [0.1, 0.15) is 38.5 Å². The molecule has 2 fully saturated rings. The molecule has 2 heterocycles. The monoisotopic (exact) mass is 235 g/mol. The molecule has 0 aromatic rings. The van der Waals surface area contributed by atoms with Crippen molar-refractivity contribution in [3.8, 4) is 6.07 Å². The fourth-order valence-electron chi connectivity index (χ4n) is 3.23. The molecular formula is C14H25N3. The normalized spacial score (nSPS) is 28.5. The van der Waals surface area contributed by atoms with Gasteiger partial charge in [-0.15, -0.1) is 0 Å². The Morgan fingerprint density at radius 2 is 1.65 bits per heavy atom. The van der Waals surface area contributed by atoms with Crippen molar-refractivity contribution in [3.05, 3.63) is 0 Å². The zero-order valence-corrected chi connectivity index (χ0v) is 10.9. The van der Waals surface area contributed by atoms with Gasteiger partial charge in [0.25, 0.3) is 0 Å². The molecule has 2 rings (SSSR count). The van der Waals surface area contributed by atoms with Crippen molar-refractivity contribution in [1.82, 2.24) is 9.80 Å². The van der Waals surface area contributed by atoms with Crippen molar-refractivity contribution in [2.75, 3.05) is 39.3 Å². The van der Waals surface area contributed by atoms with Crippen LogP contribution in [-0.2, 0) is 0 Å². The van der Waals surface area contributed by atoms with E-state index in [4.69, 9.17) is 5.26 Å². The first-order valence-corrected chi connectivity index (χ1v) is 7.20. The molecule has 0 bridgehead atoms. The lowest BCUT2D eigenvalue weighted by atomic mass is 9.97. The molecule has 0 saturated carbocycles. The number of nitriles is 1. The van der Waals surface area contributed by atoms with Crippen molar-refractivity contribution < 1.29 is 0 Å². The minimum absolute atomic E-state index is 0.622. The Hall–Kier alpha value is -0.590. The summed E-state index contributed by atoms with van der Waals surface area (Å²) in [6.07, 6.45) is 8.24. The van der Waals surface area contributed by atoms with Crippen molar-refractivity contribution >= 4 is 0 Å². The van der Waals surface area contributed by atoms with Gasteiger partial charge in [-0.1, -0.05) is 12.8 Å². The number of rotatable bonds is 3. The Balaban J connectivity index is 1.75. The molecule has 96 valence electrons. The minimum atomic E-state index is 0.622. The maximum Gasteiger partial charge on any atom is 0.0866 e. The predicted octanol–water partition coefficient (Wildman–Crippen LogP) is 2.10. The average Bonchev–Trinajstić information content (AvgIpc) is 2.59. The first kappa shape index (κ1) is 12.9. The first-order chi connectivity index (χ1) is 8.38. The Morgan fingerprint density at radius 1 is 0.941 bits per heavy atom. The van der Waals surface area contributed by atoms with Gasteiger partial charge in [0.15, 0.2) is 0 Å². The van der Waals surface area contributed by atoms with Gasteiger partial charge >= 0.3 is 0 Å². The summed E-state index contributed by atoms with van der Waals surface area (Å²) in [6.45, 7) is 6.76. The van der Waals surface area contributed by atoms with Crippen molar-refractivity contribution in [2.45, 2.75) is 38.5 Å². The second-order valence-electron chi connectivity index (χ2n) is 5.62. The number of hydrogen-bond acceptors (Lipinski definition) is 3. The summed E-state index contributed by atoms with van der Waals surface area (Å²) >= 11 is 0. The second kappa shape index (κ2) is 6.98. The molecule has 17 heavy (non-hydrogen) atoms. The second-order valence-corrected chi connectivity index (χ2v) is 5.62. The van der Waals surface area contributed by atoms with Gasteiger partial charge in [-0.05, 0) is 51.2 Å². The maximum atomic E-state index is 8.76. The topological polar surface area (TPSA) is 30.3 Å². The molecule has 0 radical (unpaired) electrons. The van der Waals surface area contributed by atoms with Crippen LogP contribution >= 0.6 is 0 Å². The molecule has 2 saturated heterocycles. The van der Waals surface area contributed by atoms with Gasteiger partial charge < -0.3 is 4.90 Å². The highest BCUT2D eigenvalue weighted by molar-refractivity contribution is 4.82. The first-order valence-electron chi connectivity index (χ1n) is 7.20. The van der Waals surface area contributed by atoms with E-state index in [9.17, 15) is 0 Å². The summed E-state index contributed by atoms with van der Waals surface area (Å²) in [5, 5.41) is 8.76. The van der Waals surface area contributed by atoms with Crippen molar-refractivity contribution in [1.29, 1.82) is 5.26 Å². The van der Waals surface area contributed by atoms with E-state index in [1.165, 1.54) is 58.2 Å². The lowest BCUT2D eigenvalue weighted by Crippen LogP contribution is -2.41. The van der Waals surface area contributed by atoms with Crippen LogP contribution in [0.3, 0.4) is 0 Å². The summed E-state index contributed by atoms with van der Waals surface area (Å²) < 4.78 is 0. The third-order valence-corrected chi connectivity index (χ3v) is 4.11. The van der Waals surface area contributed by atoms with Crippen LogP contribution in [0, 0.1) is 17.2 Å². The number of nitrogens with zero attached hydrogens (tertiary/aromatic N) is 3. The summed E-state index contributed by atoms with van der Waals surface area (Å²) in [7, 11) is 0. The summed E-state index contributed by atoms with van der Waals surface area (Å²) in [5.74, 6) is 0.801. The van der Waals surface area contributed by atoms with E-state index in [0.29, 0.717) is 6.54 Å². The zero-order chi connectivity index (χ0) is 11.9. The van der Waals surface area contributed by atoms with E-state index >= 15 is 0 Å². The third-order valence-electron chi connectivity index (χ3n) is 4.11. The van der Waals surface area contributed by atoms with Crippen LogP contribution < -0.4 is 0 Å². The van der Waals surface area contributed by atoms with E-state index in [0.717, 1.165) is 19.0 Å². The maximum absolute atomic E-state index is 8.76. The molecule has 0 N–H and O–H groups in total. The van der Waals surface area contributed by atoms with Crippen LogP contribution in [0.25, 0.3) is 0 Å². The van der Waals surface area contributed by atoms with E-state index in [1.54, 1.807) is 0 Å². The molecule has 0 spiro atoms. The highest BCUT2D eigenvalue weighted by Gasteiger charge is 2.22. The van der Waals surface area contributed by atoms with Gasteiger partial charge in [-0.3, -0.25) is 4.90 Å². The smallest absolute Gasteiger partial charge is 0.0866 e.